The number of carbonyl (C=O) groups excluding carboxylic acids is 1. The number of hydrogen-bond acceptors (Lipinski definition) is 3. The highest BCUT2D eigenvalue weighted by Crippen LogP contribution is 2.25. The molecule has 0 radical (unpaired) electrons. The topological polar surface area (TPSA) is 51.2 Å². The summed E-state index contributed by atoms with van der Waals surface area (Å²) in [7, 11) is -3.24. The summed E-state index contributed by atoms with van der Waals surface area (Å²) in [6, 6.07) is 8.46. The highest BCUT2D eigenvalue weighted by molar-refractivity contribution is 7.91. The Labute approximate surface area is 102 Å². The van der Waals surface area contributed by atoms with Crippen molar-refractivity contribution in [3.63, 3.8) is 0 Å². The fourth-order valence-electron chi connectivity index (χ4n) is 2.29. The summed E-state index contributed by atoms with van der Waals surface area (Å²) in [5.41, 5.74) is 0. The second-order valence-corrected chi connectivity index (χ2v) is 6.63. The van der Waals surface area contributed by atoms with Crippen LogP contribution in [-0.2, 0) is 14.6 Å². The van der Waals surface area contributed by atoms with Crippen LogP contribution in [0.4, 0.5) is 0 Å². The summed E-state index contributed by atoms with van der Waals surface area (Å²) in [4.78, 5) is 11.7. The van der Waals surface area contributed by atoms with Crippen LogP contribution in [0.3, 0.4) is 0 Å². The highest BCUT2D eigenvalue weighted by atomic mass is 32.2. The van der Waals surface area contributed by atoms with Crippen molar-refractivity contribution in [2.24, 2.45) is 5.92 Å². The molecule has 1 unspecified atom stereocenters. The van der Waals surface area contributed by atoms with E-state index in [4.69, 9.17) is 0 Å². The molecule has 1 saturated carbocycles. The van der Waals surface area contributed by atoms with E-state index in [0.29, 0.717) is 17.7 Å². The van der Waals surface area contributed by atoms with Crippen molar-refractivity contribution < 1.29 is 13.2 Å². The molecule has 0 amide bonds. The number of hydrogen-bond donors (Lipinski definition) is 0. The van der Waals surface area contributed by atoms with Crippen LogP contribution >= 0.6 is 0 Å². The van der Waals surface area contributed by atoms with Gasteiger partial charge >= 0.3 is 0 Å². The molecule has 0 spiro atoms. The Morgan fingerprint density at radius 1 is 1.18 bits per heavy atom. The minimum Gasteiger partial charge on any atom is -0.300 e. The van der Waals surface area contributed by atoms with Gasteiger partial charge in [0.15, 0.2) is 9.84 Å². The molecule has 1 fully saturated rings. The van der Waals surface area contributed by atoms with Gasteiger partial charge in [0.2, 0.25) is 0 Å². The first-order valence-corrected chi connectivity index (χ1v) is 7.53. The predicted octanol–water partition coefficient (Wildman–Crippen LogP) is 2.22. The molecule has 1 aromatic carbocycles. The predicted molar refractivity (Wildman–Crippen MR) is 65.5 cm³/mol. The van der Waals surface area contributed by atoms with Crippen LogP contribution in [0.1, 0.15) is 25.7 Å². The lowest BCUT2D eigenvalue weighted by atomic mass is 9.90. The third-order valence-corrected chi connectivity index (χ3v) is 5.04. The summed E-state index contributed by atoms with van der Waals surface area (Å²) >= 11 is 0. The standard InChI is InChI=1S/C13H16O3S/c14-12-6-4-5-11(9-12)10-17(15,16)13-7-2-1-3-8-13/h1-3,7-8,11H,4-6,9-10H2. The van der Waals surface area contributed by atoms with Gasteiger partial charge in [0.05, 0.1) is 10.6 Å². The molecule has 92 valence electrons. The van der Waals surface area contributed by atoms with Crippen LogP contribution in [0.15, 0.2) is 35.2 Å². The quantitative estimate of drug-likeness (QED) is 0.828. The zero-order valence-electron chi connectivity index (χ0n) is 9.63. The van der Waals surface area contributed by atoms with Gasteiger partial charge in [0.25, 0.3) is 0 Å². The maximum absolute atomic E-state index is 12.1. The van der Waals surface area contributed by atoms with Crippen molar-refractivity contribution in [1.29, 1.82) is 0 Å². The minimum atomic E-state index is -3.24. The van der Waals surface area contributed by atoms with Crippen LogP contribution in [-0.4, -0.2) is 20.0 Å². The van der Waals surface area contributed by atoms with E-state index < -0.39 is 9.84 Å². The molecular formula is C13H16O3S. The summed E-state index contributed by atoms with van der Waals surface area (Å²) < 4.78 is 24.2. The molecule has 1 aromatic rings. The van der Waals surface area contributed by atoms with Gasteiger partial charge < -0.3 is 0 Å². The fourth-order valence-corrected chi connectivity index (χ4v) is 3.96. The van der Waals surface area contributed by atoms with E-state index in [0.717, 1.165) is 12.8 Å². The third kappa shape index (κ3) is 3.16. The van der Waals surface area contributed by atoms with E-state index in [1.165, 1.54) is 0 Å². The number of ketones is 1. The molecule has 3 nitrogen and oxygen atoms in total. The average Bonchev–Trinajstić information content (AvgIpc) is 2.29. The lowest BCUT2D eigenvalue weighted by molar-refractivity contribution is -0.121. The largest absolute Gasteiger partial charge is 0.300 e. The molecule has 0 saturated heterocycles. The molecule has 0 bridgehead atoms. The van der Waals surface area contributed by atoms with Gasteiger partial charge in [-0.05, 0) is 30.9 Å². The normalized spacial score (nSPS) is 21.4. The number of carbonyl (C=O) groups is 1. The van der Waals surface area contributed by atoms with E-state index in [9.17, 15) is 13.2 Å². The smallest absolute Gasteiger partial charge is 0.178 e. The van der Waals surface area contributed by atoms with Gasteiger partial charge in [-0.2, -0.15) is 0 Å². The van der Waals surface area contributed by atoms with Gasteiger partial charge in [-0.1, -0.05) is 18.2 Å². The van der Waals surface area contributed by atoms with Gasteiger partial charge in [0, 0.05) is 12.8 Å². The zero-order valence-corrected chi connectivity index (χ0v) is 10.4. The SMILES string of the molecule is O=C1CCCC(CS(=O)(=O)c2ccccc2)C1. The van der Waals surface area contributed by atoms with Gasteiger partial charge in [0.1, 0.15) is 5.78 Å². The molecule has 1 aliphatic carbocycles. The van der Waals surface area contributed by atoms with E-state index in [1.54, 1.807) is 30.3 Å². The Balaban J connectivity index is 2.10. The van der Waals surface area contributed by atoms with Gasteiger partial charge in [-0.3, -0.25) is 4.79 Å². The van der Waals surface area contributed by atoms with Crippen LogP contribution in [0.2, 0.25) is 0 Å². The van der Waals surface area contributed by atoms with E-state index in [-0.39, 0.29) is 17.5 Å². The molecule has 17 heavy (non-hydrogen) atoms. The molecule has 0 N–H and O–H groups in total. The Bertz CT molecular complexity index is 491. The maximum Gasteiger partial charge on any atom is 0.178 e. The van der Waals surface area contributed by atoms with Crippen molar-refractivity contribution in [2.75, 3.05) is 5.75 Å². The van der Waals surface area contributed by atoms with Gasteiger partial charge in [-0.15, -0.1) is 0 Å². The van der Waals surface area contributed by atoms with E-state index >= 15 is 0 Å². The van der Waals surface area contributed by atoms with Crippen LogP contribution in [0.25, 0.3) is 0 Å². The van der Waals surface area contributed by atoms with Crippen LogP contribution < -0.4 is 0 Å². The first-order chi connectivity index (χ1) is 8.08. The highest BCUT2D eigenvalue weighted by Gasteiger charge is 2.25. The molecule has 1 aliphatic rings. The fraction of sp³-hybridized carbons (Fsp3) is 0.462. The first kappa shape index (κ1) is 12.3. The number of benzene rings is 1. The van der Waals surface area contributed by atoms with Crippen molar-refractivity contribution in [1.82, 2.24) is 0 Å². The Kier molecular flexibility index (Phi) is 3.62. The number of sulfone groups is 1. The third-order valence-electron chi connectivity index (χ3n) is 3.14. The minimum absolute atomic E-state index is 0.00135. The second-order valence-electron chi connectivity index (χ2n) is 4.60. The molecular weight excluding hydrogens is 236 g/mol. The Hall–Kier alpha value is -1.16. The van der Waals surface area contributed by atoms with E-state index in [1.807, 2.05) is 0 Å². The molecule has 1 atom stereocenters. The van der Waals surface area contributed by atoms with Crippen LogP contribution in [0, 0.1) is 5.92 Å². The van der Waals surface area contributed by atoms with Crippen molar-refractivity contribution in [2.45, 2.75) is 30.6 Å². The monoisotopic (exact) mass is 252 g/mol. The van der Waals surface area contributed by atoms with E-state index in [2.05, 4.69) is 0 Å². The van der Waals surface area contributed by atoms with Crippen LogP contribution in [0.5, 0.6) is 0 Å². The number of Topliss-reactive ketones (excluding diaryl/α,β-unsaturated/α-hetero) is 1. The zero-order chi connectivity index (χ0) is 12.3. The Morgan fingerprint density at radius 2 is 1.88 bits per heavy atom. The summed E-state index contributed by atoms with van der Waals surface area (Å²) in [6.45, 7) is 0. The van der Waals surface area contributed by atoms with Gasteiger partial charge in [-0.25, -0.2) is 8.42 Å². The van der Waals surface area contributed by atoms with Crippen molar-refractivity contribution in [3.8, 4) is 0 Å². The lowest BCUT2D eigenvalue weighted by Crippen LogP contribution is -2.23. The lowest BCUT2D eigenvalue weighted by Gasteiger charge is -2.20. The first-order valence-electron chi connectivity index (χ1n) is 5.87. The molecule has 4 heteroatoms. The average molecular weight is 252 g/mol. The molecule has 2 rings (SSSR count). The van der Waals surface area contributed by atoms with Crippen molar-refractivity contribution >= 4 is 15.6 Å². The molecule has 0 aliphatic heterocycles. The summed E-state index contributed by atoms with van der Waals surface area (Å²) in [6.07, 6.45) is 2.71. The second kappa shape index (κ2) is 5.00. The maximum atomic E-state index is 12.1. The summed E-state index contributed by atoms with van der Waals surface area (Å²) in [5.74, 6) is 0.300. The summed E-state index contributed by atoms with van der Waals surface area (Å²) in [5, 5.41) is 0. The Morgan fingerprint density at radius 3 is 2.53 bits per heavy atom. The molecule has 0 aromatic heterocycles. The van der Waals surface area contributed by atoms with Crippen molar-refractivity contribution in [3.05, 3.63) is 30.3 Å². The molecule has 0 heterocycles. The number of rotatable bonds is 3.